The average molecular weight is 421 g/mol. The molecule has 0 atom stereocenters. The van der Waals surface area contributed by atoms with Crippen molar-refractivity contribution in [3.63, 3.8) is 0 Å². The fraction of sp³-hybridized carbons (Fsp3) is 0.381. The quantitative estimate of drug-likeness (QED) is 0.669. The Kier molecular flexibility index (Phi) is 7.50. The minimum Gasteiger partial charge on any atom is -0.491 e. The summed E-state index contributed by atoms with van der Waals surface area (Å²) >= 11 is 0. The molecule has 29 heavy (non-hydrogen) atoms. The summed E-state index contributed by atoms with van der Waals surface area (Å²) in [4.78, 5) is 12.5. The molecule has 0 aliphatic carbocycles. The highest BCUT2D eigenvalue weighted by Gasteiger charge is 2.21. The third-order valence-electron chi connectivity index (χ3n) is 3.65. The van der Waals surface area contributed by atoms with Crippen LogP contribution < -0.4 is 19.1 Å². The van der Waals surface area contributed by atoms with E-state index >= 15 is 0 Å². The van der Waals surface area contributed by atoms with Gasteiger partial charge in [0.1, 0.15) is 18.0 Å². The monoisotopic (exact) mass is 420 g/mol. The van der Waals surface area contributed by atoms with Gasteiger partial charge in [-0.15, -0.1) is 0 Å². The predicted molar refractivity (Wildman–Crippen MR) is 115 cm³/mol. The maximum atomic E-state index is 12.5. The lowest BCUT2D eigenvalue weighted by atomic mass is 10.3. The summed E-state index contributed by atoms with van der Waals surface area (Å²) in [5, 5.41) is 2.72. The number of carbonyl (C=O) groups is 1. The Balaban J connectivity index is 2.18. The largest absolute Gasteiger partial charge is 0.491 e. The van der Waals surface area contributed by atoms with Crippen molar-refractivity contribution in [3.8, 4) is 11.5 Å². The number of rotatable bonds is 9. The topological polar surface area (TPSA) is 84.9 Å². The second-order valence-electron chi connectivity index (χ2n) is 7.18. The van der Waals surface area contributed by atoms with E-state index in [2.05, 4.69) is 5.32 Å². The van der Waals surface area contributed by atoms with Gasteiger partial charge < -0.3 is 14.8 Å². The van der Waals surface area contributed by atoms with Crippen LogP contribution in [-0.2, 0) is 14.8 Å². The lowest BCUT2D eigenvalue weighted by molar-refractivity contribution is -0.114. The third kappa shape index (κ3) is 7.30. The number of nitrogens with one attached hydrogen (secondary N) is 1. The van der Waals surface area contributed by atoms with Gasteiger partial charge in [-0.3, -0.25) is 9.10 Å². The Morgan fingerprint density at radius 2 is 1.52 bits per heavy atom. The van der Waals surface area contributed by atoms with Gasteiger partial charge in [-0.1, -0.05) is 12.1 Å². The van der Waals surface area contributed by atoms with Crippen molar-refractivity contribution < 1.29 is 22.7 Å². The maximum absolute atomic E-state index is 12.5. The smallest absolute Gasteiger partial charge is 0.245 e. The van der Waals surface area contributed by atoms with Crippen molar-refractivity contribution in [2.24, 2.45) is 0 Å². The Morgan fingerprint density at radius 3 is 2.07 bits per heavy atom. The molecule has 0 aromatic heterocycles. The van der Waals surface area contributed by atoms with E-state index in [1.54, 1.807) is 48.5 Å². The van der Waals surface area contributed by atoms with E-state index in [4.69, 9.17) is 9.47 Å². The molecule has 0 bridgehead atoms. The van der Waals surface area contributed by atoms with E-state index in [0.29, 0.717) is 22.9 Å². The third-order valence-corrected chi connectivity index (χ3v) is 4.80. The number of hydrogen-bond donors (Lipinski definition) is 1. The first-order chi connectivity index (χ1) is 13.5. The SMILES string of the molecule is CC(C)Oc1cccc(NC(=O)CN(c2cccc(OC(C)C)c2)S(C)(=O)=O)c1. The fourth-order valence-corrected chi connectivity index (χ4v) is 3.48. The first kappa shape index (κ1) is 22.5. The molecule has 0 aliphatic rings. The van der Waals surface area contributed by atoms with Gasteiger partial charge in [0.25, 0.3) is 0 Å². The molecule has 2 rings (SSSR count). The number of benzene rings is 2. The molecule has 2 aromatic carbocycles. The van der Waals surface area contributed by atoms with Gasteiger partial charge >= 0.3 is 0 Å². The van der Waals surface area contributed by atoms with Gasteiger partial charge in [-0.05, 0) is 52.0 Å². The van der Waals surface area contributed by atoms with Crippen molar-refractivity contribution in [2.45, 2.75) is 39.9 Å². The van der Waals surface area contributed by atoms with Crippen LogP contribution in [0.2, 0.25) is 0 Å². The highest BCUT2D eigenvalue weighted by molar-refractivity contribution is 7.92. The van der Waals surface area contributed by atoms with Gasteiger partial charge in [-0.25, -0.2) is 8.42 Å². The molecule has 0 fully saturated rings. The van der Waals surface area contributed by atoms with Gasteiger partial charge in [0, 0.05) is 17.8 Å². The van der Waals surface area contributed by atoms with E-state index in [-0.39, 0.29) is 18.8 Å². The number of anilines is 2. The zero-order chi connectivity index (χ0) is 21.6. The van der Waals surface area contributed by atoms with Crippen molar-refractivity contribution in [1.29, 1.82) is 0 Å². The Hall–Kier alpha value is -2.74. The van der Waals surface area contributed by atoms with Crippen molar-refractivity contribution in [2.75, 3.05) is 22.4 Å². The van der Waals surface area contributed by atoms with Crippen molar-refractivity contribution in [3.05, 3.63) is 48.5 Å². The van der Waals surface area contributed by atoms with Crippen LogP contribution in [0.15, 0.2) is 48.5 Å². The number of sulfonamides is 1. The number of nitrogens with zero attached hydrogens (tertiary/aromatic N) is 1. The van der Waals surface area contributed by atoms with E-state index in [1.165, 1.54) is 0 Å². The summed E-state index contributed by atoms with van der Waals surface area (Å²) in [6, 6.07) is 13.6. The van der Waals surface area contributed by atoms with Gasteiger partial charge in [-0.2, -0.15) is 0 Å². The normalized spacial score (nSPS) is 11.4. The molecule has 7 nitrogen and oxygen atoms in total. The summed E-state index contributed by atoms with van der Waals surface area (Å²) in [6.07, 6.45) is 1.01. The summed E-state index contributed by atoms with van der Waals surface area (Å²) in [6.45, 7) is 7.22. The first-order valence-corrected chi connectivity index (χ1v) is 11.2. The molecule has 0 radical (unpaired) electrons. The number of carbonyl (C=O) groups excluding carboxylic acids is 1. The summed E-state index contributed by atoms with van der Waals surface area (Å²) < 4.78 is 36.9. The molecule has 158 valence electrons. The average Bonchev–Trinajstić information content (AvgIpc) is 2.58. The minimum absolute atomic E-state index is 0.00186. The lowest BCUT2D eigenvalue weighted by Crippen LogP contribution is -2.37. The second kappa shape index (κ2) is 9.65. The zero-order valence-corrected chi connectivity index (χ0v) is 18.2. The van der Waals surface area contributed by atoms with Crippen LogP contribution >= 0.6 is 0 Å². The Labute approximate surface area is 172 Å². The maximum Gasteiger partial charge on any atom is 0.245 e. The molecule has 2 aromatic rings. The minimum atomic E-state index is -3.68. The highest BCUT2D eigenvalue weighted by atomic mass is 32.2. The second-order valence-corrected chi connectivity index (χ2v) is 9.08. The molecule has 1 N–H and O–H groups in total. The van der Waals surface area contributed by atoms with Crippen molar-refractivity contribution >= 4 is 27.3 Å². The first-order valence-electron chi connectivity index (χ1n) is 9.35. The van der Waals surface area contributed by atoms with Crippen LogP contribution in [0.4, 0.5) is 11.4 Å². The molecular formula is C21H28N2O5S. The summed E-state index contributed by atoms with van der Waals surface area (Å²) in [5.74, 6) is 0.689. The molecule has 1 amide bonds. The van der Waals surface area contributed by atoms with Crippen LogP contribution in [0.5, 0.6) is 11.5 Å². The predicted octanol–water partition coefficient (Wildman–Crippen LogP) is 3.67. The molecule has 0 saturated carbocycles. The standard InChI is InChI=1S/C21H28N2O5S/c1-15(2)27-19-10-6-8-17(12-19)22-21(24)14-23(29(5,25)26)18-9-7-11-20(13-18)28-16(3)4/h6-13,15-16H,14H2,1-5H3,(H,22,24). The molecule has 0 spiro atoms. The van der Waals surface area contributed by atoms with E-state index in [9.17, 15) is 13.2 Å². The Morgan fingerprint density at radius 1 is 0.966 bits per heavy atom. The Bertz CT molecular complexity index is 942. The van der Waals surface area contributed by atoms with Gasteiger partial charge in [0.2, 0.25) is 15.9 Å². The van der Waals surface area contributed by atoms with E-state index in [1.807, 2.05) is 27.7 Å². The molecule has 0 heterocycles. The van der Waals surface area contributed by atoms with Crippen LogP contribution in [0.1, 0.15) is 27.7 Å². The summed E-state index contributed by atoms with van der Waals surface area (Å²) in [7, 11) is -3.68. The lowest BCUT2D eigenvalue weighted by Gasteiger charge is -2.23. The van der Waals surface area contributed by atoms with Crippen LogP contribution in [-0.4, -0.2) is 39.3 Å². The highest BCUT2D eigenvalue weighted by Crippen LogP contribution is 2.24. The number of hydrogen-bond acceptors (Lipinski definition) is 5. The van der Waals surface area contributed by atoms with Gasteiger partial charge in [0.05, 0.1) is 24.2 Å². The summed E-state index contributed by atoms with van der Waals surface area (Å²) in [5.41, 5.74) is 0.885. The van der Waals surface area contributed by atoms with Crippen LogP contribution in [0.3, 0.4) is 0 Å². The van der Waals surface area contributed by atoms with E-state index < -0.39 is 15.9 Å². The zero-order valence-electron chi connectivity index (χ0n) is 17.4. The number of amides is 1. The molecule has 8 heteroatoms. The molecular weight excluding hydrogens is 392 g/mol. The van der Waals surface area contributed by atoms with Crippen LogP contribution in [0, 0.1) is 0 Å². The van der Waals surface area contributed by atoms with Crippen LogP contribution in [0.25, 0.3) is 0 Å². The molecule has 0 unspecified atom stereocenters. The number of ether oxygens (including phenoxy) is 2. The molecule has 0 saturated heterocycles. The molecule has 0 aliphatic heterocycles. The van der Waals surface area contributed by atoms with E-state index in [0.717, 1.165) is 10.6 Å². The van der Waals surface area contributed by atoms with Crippen molar-refractivity contribution in [1.82, 2.24) is 0 Å². The fourth-order valence-electron chi connectivity index (χ4n) is 2.63. The van der Waals surface area contributed by atoms with Gasteiger partial charge in [0.15, 0.2) is 0 Å².